The molecule has 29 heavy (non-hydrogen) atoms. The van der Waals surface area contributed by atoms with Crippen LogP contribution in [-0.4, -0.2) is 65.7 Å². The molecule has 0 radical (unpaired) electrons. The van der Waals surface area contributed by atoms with Crippen LogP contribution in [0.1, 0.15) is 38.8 Å². The van der Waals surface area contributed by atoms with Crippen LogP contribution in [0.3, 0.4) is 0 Å². The maximum atomic E-state index is 15.2. The Morgan fingerprint density at radius 1 is 1.38 bits per heavy atom. The number of methoxy groups -OCH3 is 1. The third-order valence-electron chi connectivity index (χ3n) is 4.19. The summed E-state index contributed by atoms with van der Waals surface area (Å²) < 4.78 is 39.4. The Morgan fingerprint density at radius 2 is 2.07 bits per heavy atom. The van der Waals surface area contributed by atoms with Crippen molar-refractivity contribution >= 4 is 54.1 Å². The van der Waals surface area contributed by atoms with E-state index in [0.29, 0.717) is 12.0 Å². The third kappa shape index (κ3) is 6.67. The van der Waals surface area contributed by atoms with E-state index < -0.39 is 60.1 Å². The molecule has 3 unspecified atom stereocenters. The predicted octanol–water partition coefficient (Wildman–Crippen LogP) is 2.86. The van der Waals surface area contributed by atoms with E-state index >= 15 is 4.39 Å². The molecule has 2 rings (SSSR count). The van der Waals surface area contributed by atoms with Gasteiger partial charge in [-0.15, -0.1) is 0 Å². The summed E-state index contributed by atoms with van der Waals surface area (Å²) in [5.74, 6) is -1.08. The molecule has 0 spiro atoms. The van der Waals surface area contributed by atoms with E-state index in [1.54, 1.807) is 20.8 Å². The van der Waals surface area contributed by atoms with E-state index in [1.807, 2.05) is 3.76 Å². The molecule has 0 saturated heterocycles. The molecule has 1 heterocycles. The summed E-state index contributed by atoms with van der Waals surface area (Å²) in [6.45, 7) is 5.05. The van der Waals surface area contributed by atoms with Gasteiger partial charge in [0.1, 0.15) is 0 Å². The number of halogens is 3. The summed E-state index contributed by atoms with van der Waals surface area (Å²) in [5, 5.41) is 5.18. The van der Waals surface area contributed by atoms with Crippen LogP contribution in [0.5, 0.6) is 5.75 Å². The topological polar surface area (TPSA) is 76.7 Å². The fourth-order valence-corrected chi connectivity index (χ4v) is 9.16. The van der Waals surface area contributed by atoms with Crippen LogP contribution in [0.4, 0.5) is 13.6 Å². The van der Waals surface area contributed by atoms with Gasteiger partial charge in [-0.25, -0.2) is 0 Å². The number of rotatable bonds is 6. The summed E-state index contributed by atoms with van der Waals surface area (Å²) in [4.78, 5) is 24.2. The van der Waals surface area contributed by atoms with E-state index in [1.165, 1.54) is 25.3 Å². The number of benzene rings is 1. The zero-order valence-corrected chi connectivity index (χ0v) is 21.6. The van der Waals surface area contributed by atoms with Gasteiger partial charge in [-0.05, 0) is 0 Å². The van der Waals surface area contributed by atoms with Crippen LogP contribution in [0, 0.1) is 5.82 Å². The fraction of sp³-hybridized carbons (Fsp3) is 0.526. The normalized spacial score (nSPS) is 21.8. The van der Waals surface area contributed by atoms with Crippen LogP contribution in [0.25, 0.3) is 0 Å². The van der Waals surface area contributed by atoms with E-state index in [2.05, 4.69) is 26.6 Å². The monoisotopic (exact) mass is 576 g/mol. The molecule has 0 fully saturated rings. The molecule has 1 aromatic rings. The van der Waals surface area contributed by atoms with Crippen LogP contribution >= 0.6 is 15.9 Å². The van der Waals surface area contributed by atoms with E-state index in [0.717, 1.165) is 0 Å². The molecule has 1 aliphatic heterocycles. The van der Waals surface area contributed by atoms with Crippen LogP contribution in [-0.2, 0) is 9.53 Å². The molecule has 10 heteroatoms. The molecule has 158 valence electrons. The van der Waals surface area contributed by atoms with Gasteiger partial charge in [-0.1, -0.05) is 0 Å². The van der Waals surface area contributed by atoms with Crippen molar-refractivity contribution in [2.75, 3.05) is 13.7 Å². The predicted molar refractivity (Wildman–Crippen MR) is 111 cm³/mol. The first-order valence-corrected chi connectivity index (χ1v) is 13.5. The van der Waals surface area contributed by atoms with Gasteiger partial charge in [0.25, 0.3) is 0 Å². The molecule has 0 saturated carbocycles. The van der Waals surface area contributed by atoms with Crippen molar-refractivity contribution in [2.45, 2.75) is 47.1 Å². The minimum atomic E-state index is -1.93. The van der Waals surface area contributed by atoms with Gasteiger partial charge in [0.05, 0.1) is 0 Å². The van der Waals surface area contributed by atoms with Gasteiger partial charge < -0.3 is 0 Å². The Balaban J connectivity index is 2.23. The second kappa shape index (κ2) is 9.77. The Bertz CT molecular complexity index is 803. The number of hydrogen-bond donors (Lipinski definition) is 2. The standard InChI is InChI=1S/C19H24BrF2N2O4.In/c1-6-14(20)16(22)17(25)24-15(10-23-18(26)28-19(2,3)4)11-7-12(21)9-13(8-11)27-5;/h1,7-9,14-15H,6,10H2,2-5H3,(H,23,26)(H,24,25);. The van der Waals surface area contributed by atoms with E-state index in [4.69, 9.17) is 9.47 Å². The molecule has 3 atom stereocenters. The Labute approximate surface area is 188 Å². The van der Waals surface area contributed by atoms with Crippen LogP contribution < -0.4 is 15.4 Å². The van der Waals surface area contributed by atoms with Crippen molar-refractivity contribution in [1.82, 2.24) is 10.6 Å². The van der Waals surface area contributed by atoms with Crippen molar-refractivity contribution in [2.24, 2.45) is 0 Å². The number of amides is 2. The first-order chi connectivity index (χ1) is 13.4. The number of carbonyl (C=O) groups is 2. The zero-order chi connectivity index (χ0) is 21.8. The van der Waals surface area contributed by atoms with Crippen molar-refractivity contribution in [1.29, 1.82) is 0 Å². The molecular formula is C19H24BrF2InN2O4. The van der Waals surface area contributed by atoms with Crippen molar-refractivity contribution in [3.8, 4) is 5.75 Å². The number of ether oxygens (including phenoxy) is 2. The SMILES string of the molecule is COc1cc(F)cc(C(CNC(=O)OC(C)(C)C)NC(=O)[C]2(F)[In]=[CH]CC2Br)c1. The number of nitrogens with one attached hydrogen (secondary N) is 2. The minimum absolute atomic E-state index is 0.104. The van der Waals surface area contributed by atoms with Crippen LogP contribution in [0.2, 0.25) is 0 Å². The third-order valence-corrected chi connectivity index (χ3v) is 11.4. The van der Waals surface area contributed by atoms with E-state index in [9.17, 15) is 14.0 Å². The average Bonchev–Trinajstić information content (AvgIpc) is 2.96. The Kier molecular flexibility index (Phi) is 8.12. The Morgan fingerprint density at radius 3 is 2.62 bits per heavy atom. The second-order valence-corrected chi connectivity index (χ2v) is 13.5. The molecule has 2 N–H and O–H groups in total. The number of alkyl carbamates (subject to hydrolysis) is 1. The Hall–Kier alpha value is -1.16. The zero-order valence-electron chi connectivity index (χ0n) is 16.7. The second-order valence-electron chi connectivity index (χ2n) is 7.71. The number of alkyl halides is 2. The van der Waals surface area contributed by atoms with Gasteiger partial charge in [-0.2, -0.15) is 0 Å². The van der Waals surface area contributed by atoms with Crippen LogP contribution in [0.15, 0.2) is 18.2 Å². The number of hydrogen-bond acceptors (Lipinski definition) is 4. The van der Waals surface area contributed by atoms with Crippen molar-refractivity contribution in [3.05, 3.63) is 29.6 Å². The van der Waals surface area contributed by atoms with Crippen molar-refractivity contribution < 1.29 is 27.8 Å². The first-order valence-electron chi connectivity index (χ1n) is 9.07. The summed E-state index contributed by atoms with van der Waals surface area (Å²) >= 11 is 1.36. The first kappa shape index (κ1) is 24.1. The summed E-state index contributed by atoms with van der Waals surface area (Å²) in [7, 11) is 1.39. The van der Waals surface area contributed by atoms with Crippen molar-refractivity contribution in [3.63, 3.8) is 0 Å². The quantitative estimate of drug-likeness (QED) is 0.511. The molecule has 1 aliphatic rings. The molecule has 2 amide bonds. The van der Waals surface area contributed by atoms with Gasteiger partial charge in [0, 0.05) is 0 Å². The molecular weight excluding hydrogens is 553 g/mol. The average molecular weight is 577 g/mol. The van der Waals surface area contributed by atoms with Gasteiger partial charge in [0.2, 0.25) is 0 Å². The van der Waals surface area contributed by atoms with Gasteiger partial charge in [0.15, 0.2) is 0 Å². The van der Waals surface area contributed by atoms with E-state index in [-0.39, 0.29) is 12.3 Å². The molecule has 0 bridgehead atoms. The molecule has 0 aliphatic carbocycles. The van der Waals surface area contributed by atoms with Gasteiger partial charge >= 0.3 is 189 Å². The summed E-state index contributed by atoms with van der Waals surface area (Å²) in [5.41, 5.74) is -0.361. The fourth-order valence-electron chi connectivity index (χ4n) is 2.78. The van der Waals surface area contributed by atoms with Gasteiger partial charge in [-0.3, -0.25) is 0 Å². The molecule has 1 aromatic carbocycles. The summed E-state index contributed by atoms with van der Waals surface area (Å²) in [6.07, 6.45) is -0.194. The molecule has 0 aromatic heterocycles. The summed E-state index contributed by atoms with van der Waals surface area (Å²) in [6, 6.07) is 3.07. The number of carbonyl (C=O) groups excluding carboxylic acids is 2. The maximum absolute atomic E-state index is 15.2. The molecule has 6 nitrogen and oxygen atoms in total.